The minimum atomic E-state index is -0.0810. The zero-order valence-corrected chi connectivity index (χ0v) is 13.7. The lowest BCUT2D eigenvalue weighted by Gasteiger charge is -2.28. The van der Waals surface area contributed by atoms with Crippen molar-refractivity contribution in [3.63, 3.8) is 0 Å². The molecule has 4 unspecified atom stereocenters. The fourth-order valence-corrected chi connectivity index (χ4v) is 4.74. The number of carbonyl (C=O) groups excluding carboxylic acids is 1. The third-order valence-corrected chi connectivity index (χ3v) is 5.95. The summed E-state index contributed by atoms with van der Waals surface area (Å²) in [7, 11) is 0. The number of imidazole rings is 1. The van der Waals surface area contributed by atoms with Crippen LogP contribution >= 0.6 is 0 Å². The summed E-state index contributed by atoms with van der Waals surface area (Å²) in [6.07, 6.45) is 5.57. The molecule has 2 aromatic rings. The van der Waals surface area contributed by atoms with Gasteiger partial charge in [0.1, 0.15) is 11.9 Å². The van der Waals surface area contributed by atoms with Gasteiger partial charge < -0.3 is 9.88 Å². The van der Waals surface area contributed by atoms with Gasteiger partial charge >= 0.3 is 0 Å². The Kier molecular flexibility index (Phi) is 3.35. The van der Waals surface area contributed by atoms with Gasteiger partial charge in [0.15, 0.2) is 0 Å². The van der Waals surface area contributed by atoms with Gasteiger partial charge in [0.2, 0.25) is 5.91 Å². The molecule has 126 valence electrons. The normalized spacial score (nSPS) is 32.6. The number of carbonyl (C=O) groups is 1. The summed E-state index contributed by atoms with van der Waals surface area (Å²) in [6.45, 7) is 0.829. The second-order valence-corrected chi connectivity index (χ2v) is 7.30. The van der Waals surface area contributed by atoms with E-state index in [0.717, 1.165) is 42.7 Å². The maximum absolute atomic E-state index is 13.2. The van der Waals surface area contributed by atoms with Crippen molar-refractivity contribution in [1.29, 1.82) is 0 Å². The van der Waals surface area contributed by atoms with Crippen molar-refractivity contribution in [3.05, 3.63) is 30.1 Å². The highest BCUT2D eigenvalue weighted by Crippen LogP contribution is 2.36. The number of aromatic amines is 1. The van der Waals surface area contributed by atoms with Crippen LogP contribution in [0.2, 0.25) is 0 Å². The van der Waals surface area contributed by atoms with E-state index < -0.39 is 0 Å². The number of nitrogens with zero attached hydrogens (tertiary/aromatic N) is 2. The molecular formula is C18H23N5O. The summed E-state index contributed by atoms with van der Waals surface area (Å²) in [5.41, 5.74) is 8.61. The Bertz CT molecular complexity index is 739. The molecule has 24 heavy (non-hydrogen) atoms. The van der Waals surface area contributed by atoms with Crippen LogP contribution in [0.25, 0.3) is 11.0 Å². The number of likely N-dealkylation sites (tertiary alicyclic amines) is 1. The molecule has 3 heterocycles. The molecule has 6 nitrogen and oxygen atoms in total. The van der Waals surface area contributed by atoms with Gasteiger partial charge in [-0.2, -0.15) is 0 Å². The molecule has 4 atom stereocenters. The molecule has 2 saturated heterocycles. The van der Waals surface area contributed by atoms with Gasteiger partial charge in [-0.15, -0.1) is 0 Å². The van der Waals surface area contributed by atoms with Crippen LogP contribution in [0, 0.1) is 5.92 Å². The Balaban J connectivity index is 1.41. The van der Waals surface area contributed by atoms with E-state index in [1.165, 1.54) is 12.8 Å². The highest BCUT2D eigenvalue weighted by Gasteiger charge is 2.46. The van der Waals surface area contributed by atoms with Gasteiger partial charge in [0.25, 0.3) is 0 Å². The summed E-state index contributed by atoms with van der Waals surface area (Å²) in [4.78, 5) is 23.4. The molecule has 0 bridgehead atoms. The standard InChI is InChI=1S/C18H23N5O/c24-18(16-11-5-3-8-12(11)21-22-16)23-10-4-9-15(23)17-19-13-6-1-2-7-14(13)20-17/h1-2,6-7,11-12,15-16,21-22H,3-5,8-10H2,(H,19,20). The third kappa shape index (κ3) is 2.17. The van der Waals surface area contributed by atoms with Crippen molar-refractivity contribution in [3.8, 4) is 0 Å². The van der Waals surface area contributed by atoms with Crippen LogP contribution < -0.4 is 10.9 Å². The van der Waals surface area contributed by atoms with Crippen LogP contribution in [0.5, 0.6) is 0 Å². The maximum atomic E-state index is 13.2. The van der Waals surface area contributed by atoms with Crippen LogP contribution in [-0.2, 0) is 4.79 Å². The van der Waals surface area contributed by atoms with Crippen LogP contribution in [-0.4, -0.2) is 39.4 Å². The minimum absolute atomic E-state index is 0.0761. The van der Waals surface area contributed by atoms with Crippen molar-refractivity contribution in [2.75, 3.05) is 6.54 Å². The molecule has 0 spiro atoms. The van der Waals surface area contributed by atoms with E-state index in [4.69, 9.17) is 4.98 Å². The number of H-pyrrole nitrogens is 1. The van der Waals surface area contributed by atoms with Gasteiger partial charge in [-0.1, -0.05) is 18.6 Å². The first-order chi connectivity index (χ1) is 11.8. The number of hydrogen-bond donors (Lipinski definition) is 3. The summed E-state index contributed by atoms with van der Waals surface area (Å²) >= 11 is 0. The van der Waals surface area contributed by atoms with Crippen LogP contribution in [0.3, 0.4) is 0 Å². The fourth-order valence-electron chi connectivity index (χ4n) is 4.74. The first-order valence-corrected chi connectivity index (χ1v) is 9.07. The monoisotopic (exact) mass is 325 g/mol. The predicted octanol–water partition coefficient (Wildman–Crippen LogP) is 1.87. The molecule has 3 N–H and O–H groups in total. The molecule has 3 aliphatic rings. The number of nitrogens with one attached hydrogen (secondary N) is 3. The van der Waals surface area contributed by atoms with Crippen molar-refractivity contribution >= 4 is 16.9 Å². The van der Waals surface area contributed by atoms with Crippen molar-refractivity contribution in [1.82, 2.24) is 25.7 Å². The number of amides is 1. The molecule has 5 rings (SSSR count). The minimum Gasteiger partial charge on any atom is -0.340 e. The van der Waals surface area contributed by atoms with Gasteiger partial charge in [-0.25, -0.2) is 10.4 Å². The molecule has 6 heteroatoms. The van der Waals surface area contributed by atoms with Gasteiger partial charge in [0.05, 0.1) is 17.1 Å². The average Bonchev–Trinajstić information content (AvgIpc) is 3.34. The second-order valence-electron chi connectivity index (χ2n) is 7.30. The molecule has 1 saturated carbocycles. The van der Waals surface area contributed by atoms with E-state index >= 15 is 0 Å². The van der Waals surface area contributed by atoms with E-state index in [1.54, 1.807) is 0 Å². The lowest BCUT2D eigenvalue weighted by molar-refractivity contribution is -0.135. The summed E-state index contributed by atoms with van der Waals surface area (Å²) in [6, 6.07) is 8.52. The SMILES string of the molecule is O=C(C1NNC2CCCC21)N1CCCC1c1nc2ccccc2[nH]1. The largest absolute Gasteiger partial charge is 0.340 e. The average molecular weight is 325 g/mol. The Morgan fingerprint density at radius 2 is 2.04 bits per heavy atom. The van der Waals surface area contributed by atoms with E-state index in [9.17, 15) is 4.79 Å². The van der Waals surface area contributed by atoms with Gasteiger partial charge in [-0.05, 0) is 37.8 Å². The molecule has 1 aromatic heterocycles. The quantitative estimate of drug-likeness (QED) is 0.788. The molecule has 0 radical (unpaired) electrons. The van der Waals surface area contributed by atoms with Gasteiger partial charge in [-0.3, -0.25) is 10.2 Å². The fraction of sp³-hybridized carbons (Fsp3) is 0.556. The first kappa shape index (κ1) is 14.4. The number of aromatic nitrogens is 2. The number of rotatable bonds is 2. The lowest BCUT2D eigenvalue weighted by Crippen LogP contribution is -2.47. The van der Waals surface area contributed by atoms with Crippen molar-refractivity contribution < 1.29 is 4.79 Å². The molecule has 1 aliphatic carbocycles. The highest BCUT2D eigenvalue weighted by molar-refractivity contribution is 5.83. The molecule has 2 aliphatic heterocycles. The Labute approximate surface area is 141 Å². The molecule has 1 aromatic carbocycles. The number of benzene rings is 1. The van der Waals surface area contributed by atoms with Crippen LogP contribution in [0.1, 0.15) is 44.0 Å². The smallest absolute Gasteiger partial charge is 0.242 e. The van der Waals surface area contributed by atoms with Crippen molar-refractivity contribution in [2.45, 2.75) is 50.2 Å². The molecular weight excluding hydrogens is 302 g/mol. The third-order valence-electron chi connectivity index (χ3n) is 5.95. The Morgan fingerprint density at radius 3 is 2.96 bits per heavy atom. The zero-order chi connectivity index (χ0) is 16.1. The van der Waals surface area contributed by atoms with E-state index in [2.05, 4.69) is 15.8 Å². The summed E-state index contributed by atoms with van der Waals surface area (Å²) < 4.78 is 0. The van der Waals surface area contributed by atoms with E-state index in [0.29, 0.717) is 12.0 Å². The summed E-state index contributed by atoms with van der Waals surface area (Å²) in [5.74, 6) is 1.60. The number of hydrazine groups is 1. The van der Waals surface area contributed by atoms with E-state index in [-0.39, 0.29) is 18.0 Å². The lowest BCUT2D eigenvalue weighted by atomic mass is 9.96. The second kappa shape index (κ2) is 5.57. The summed E-state index contributed by atoms with van der Waals surface area (Å²) in [5, 5.41) is 0. The van der Waals surface area contributed by atoms with Crippen molar-refractivity contribution in [2.24, 2.45) is 5.92 Å². The van der Waals surface area contributed by atoms with Crippen LogP contribution in [0.15, 0.2) is 24.3 Å². The topological polar surface area (TPSA) is 73.1 Å². The number of fused-ring (bicyclic) bond motifs is 2. The number of para-hydroxylation sites is 2. The van der Waals surface area contributed by atoms with Gasteiger partial charge in [0, 0.05) is 18.5 Å². The molecule has 3 fully saturated rings. The Hall–Kier alpha value is -1.92. The maximum Gasteiger partial charge on any atom is 0.242 e. The number of hydrogen-bond acceptors (Lipinski definition) is 4. The molecule has 1 amide bonds. The Morgan fingerprint density at radius 1 is 1.12 bits per heavy atom. The first-order valence-electron chi connectivity index (χ1n) is 9.07. The predicted molar refractivity (Wildman–Crippen MR) is 91.0 cm³/mol. The zero-order valence-electron chi connectivity index (χ0n) is 13.7. The van der Waals surface area contributed by atoms with E-state index in [1.807, 2.05) is 29.2 Å². The highest BCUT2D eigenvalue weighted by atomic mass is 16.2. The van der Waals surface area contributed by atoms with Crippen LogP contribution in [0.4, 0.5) is 0 Å².